The van der Waals surface area contributed by atoms with Crippen molar-refractivity contribution in [3.8, 4) is 23.2 Å². The van der Waals surface area contributed by atoms with Crippen LogP contribution in [-0.2, 0) is 4.79 Å². The van der Waals surface area contributed by atoms with Crippen LogP contribution in [0, 0.1) is 5.82 Å². The van der Waals surface area contributed by atoms with Gasteiger partial charge < -0.3 is 14.8 Å². The SMILES string of the molecule is O=C(COc1ccccc1F)Nc1ccc(Oc2cc(-n3ccnc3)ncn2)cc1. The van der Waals surface area contributed by atoms with Crippen molar-refractivity contribution in [2.24, 2.45) is 0 Å². The largest absolute Gasteiger partial charge is 0.481 e. The fourth-order valence-corrected chi connectivity index (χ4v) is 2.55. The number of imidazole rings is 1. The van der Waals surface area contributed by atoms with E-state index in [1.165, 1.54) is 18.5 Å². The molecule has 0 aliphatic rings. The summed E-state index contributed by atoms with van der Waals surface area (Å²) in [4.78, 5) is 24.2. The zero-order chi connectivity index (χ0) is 20.8. The molecule has 9 heteroatoms. The highest BCUT2D eigenvalue weighted by atomic mass is 19.1. The molecule has 30 heavy (non-hydrogen) atoms. The predicted octanol–water partition coefficient (Wildman–Crippen LogP) is 3.61. The number of carbonyl (C=O) groups excluding carboxylic acids is 1. The number of aromatic nitrogens is 4. The Morgan fingerprint density at radius 1 is 1.10 bits per heavy atom. The topological polar surface area (TPSA) is 91.2 Å². The molecule has 0 saturated heterocycles. The van der Waals surface area contributed by atoms with Crippen LogP contribution in [0.2, 0.25) is 0 Å². The van der Waals surface area contributed by atoms with Crippen molar-refractivity contribution in [1.82, 2.24) is 19.5 Å². The molecule has 4 rings (SSSR count). The zero-order valence-electron chi connectivity index (χ0n) is 15.6. The van der Waals surface area contributed by atoms with Gasteiger partial charge in [0.15, 0.2) is 18.2 Å². The van der Waals surface area contributed by atoms with Gasteiger partial charge in [-0.2, -0.15) is 0 Å². The normalized spacial score (nSPS) is 10.4. The van der Waals surface area contributed by atoms with E-state index in [0.29, 0.717) is 23.1 Å². The Labute approximate surface area is 171 Å². The van der Waals surface area contributed by atoms with E-state index < -0.39 is 11.7 Å². The van der Waals surface area contributed by atoms with Crippen molar-refractivity contribution < 1.29 is 18.7 Å². The van der Waals surface area contributed by atoms with E-state index in [1.807, 2.05) is 0 Å². The Hall–Kier alpha value is -4.27. The quantitative estimate of drug-likeness (QED) is 0.505. The van der Waals surface area contributed by atoms with Crippen LogP contribution in [0.4, 0.5) is 10.1 Å². The molecule has 2 heterocycles. The number of benzene rings is 2. The molecule has 0 aliphatic carbocycles. The monoisotopic (exact) mass is 405 g/mol. The predicted molar refractivity (Wildman–Crippen MR) is 106 cm³/mol. The number of ether oxygens (including phenoxy) is 2. The molecular formula is C21H16FN5O3. The fourth-order valence-electron chi connectivity index (χ4n) is 2.55. The average molecular weight is 405 g/mol. The van der Waals surface area contributed by atoms with E-state index in [9.17, 15) is 9.18 Å². The van der Waals surface area contributed by atoms with Gasteiger partial charge in [0.2, 0.25) is 5.88 Å². The second kappa shape index (κ2) is 8.82. The van der Waals surface area contributed by atoms with Gasteiger partial charge in [-0.25, -0.2) is 19.3 Å². The standard InChI is InChI=1S/C21H16FN5O3/c22-17-3-1-2-4-18(17)29-12-20(28)26-15-5-7-16(8-6-15)30-21-11-19(24-13-25-21)27-10-9-23-14-27/h1-11,13-14H,12H2,(H,26,28). The van der Waals surface area contributed by atoms with Crippen LogP contribution >= 0.6 is 0 Å². The van der Waals surface area contributed by atoms with E-state index in [1.54, 1.807) is 65.8 Å². The summed E-state index contributed by atoms with van der Waals surface area (Å²) >= 11 is 0. The number of anilines is 1. The Bertz CT molecular complexity index is 1130. The summed E-state index contributed by atoms with van der Waals surface area (Å²) in [6.07, 6.45) is 6.44. The van der Waals surface area contributed by atoms with Gasteiger partial charge >= 0.3 is 0 Å². The summed E-state index contributed by atoms with van der Waals surface area (Å²) < 4.78 is 26.2. The minimum atomic E-state index is -0.521. The van der Waals surface area contributed by atoms with Crippen LogP contribution in [0.3, 0.4) is 0 Å². The first-order valence-electron chi connectivity index (χ1n) is 8.93. The summed E-state index contributed by atoms with van der Waals surface area (Å²) in [6, 6.07) is 14.3. The average Bonchev–Trinajstić information content (AvgIpc) is 3.30. The van der Waals surface area contributed by atoms with Gasteiger partial charge in [0.05, 0.1) is 0 Å². The van der Waals surface area contributed by atoms with E-state index in [4.69, 9.17) is 9.47 Å². The molecule has 0 fully saturated rings. The minimum absolute atomic E-state index is 0.0244. The lowest BCUT2D eigenvalue weighted by atomic mass is 10.3. The molecule has 0 saturated carbocycles. The summed E-state index contributed by atoms with van der Waals surface area (Å²) in [7, 11) is 0. The molecule has 0 atom stereocenters. The molecule has 0 aliphatic heterocycles. The van der Waals surface area contributed by atoms with Crippen molar-refractivity contribution in [2.45, 2.75) is 0 Å². The van der Waals surface area contributed by atoms with E-state index in [2.05, 4.69) is 20.3 Å². The first-order valence-corrected chi connectivity index (χ1v) is 8.93. The van der Waals surface area contributed by atoms with Gasteiger partial charge in [-0.15, -0.1) is 0 Å². The highest BCUT2D eigenvalue weighted by Gasteiger charge is 2.08. The van der Waals surface area contributed by atoms with Crippen LogP contribution in [-0.4, -0.2) is 32.0 Å². The van der Waals surface area contributed by atoms with Crippen LogP contribution in [0.25, 0.3) is 5.82 Å². The zero-order valence-corrected chi connectivity index (χ0v) is 15.6. The second-order valence-electron chi connectivity index (χ2n) is 6.08. The minimum Gasteiger partial charge on any atom is -0.481 e. The molecule has 4 aromatic rings. The van der Waals surface area contributed by atoms with E-state index >= 15 is 0 Å². The Morgan fingerprint density at radius 2 is 1.93 bits per heavy atom. The molecular weight excluding hydrogens is 389 g/mol. The van der Waals surface area contributed by atoms with Crippen molar-refractivity contribution in [3.63, 3.8) is 0 Å². The molecule has 0 unspecified atom stereocenters. The molecule has 2 aromatic carbocycles. The van der Waals surface area contributed by atoms with Gasteiger partial charge in [-0.05, 0) is 36.4 Å². The van der Waals surface area contributed by atoms with Crippen molar-refractivity contribution >= 4 is 11.6 Å². The molecule has 2 aromatic heterocycles. The highest BCUT2D eigenvalue weighted by Crippen LogP contribution is 2.22. The number of rotatable bonds is 7. The molecule has 1 amide bonds. The third kappa shape index (κ3) is 4.76. The first kappa shape index (κ1) is 19.1. The van der Waals surface area contributed by atoms with Crippen LogP contribution in [0.15, 0.2) is 79.6 Å². The lowest BCUT2D eigenvalue weighted by Gasteiger charge is -2.09. The van der Waals surface area contributed by atoms with Gasteiger partial charge in [-0.3, -0.25) is 9.36 Å². The number of amides is 1. The van der Waals surface area contributed by atoms with Crippen LogP contribution in [0.1, 0.15) is 0 Å². The maximum absolute atomic E-state index is 13.5. The number of carbonyl (C=O) groups is 1. The van der Waals surface area contributed by atoms with Crippen molar-refractivity contribution in [2.75, 3.05) is 11.9 Å². The Morgan fingerprint density at radius 3 is 2.70 bits per heavy atom. The summed E-state index contributed by atoms with van der Waals surface area (Å²) in [5, 5.41) is 2.67. The molecule has 0 radical (unpaired) electrons. The third-order valence-corrected chi connectivity index (χ3v) is 3.95. The molecule has 0 spiro atoms. The smallest absolute Gasteiger partial charge is 0.262 e. The van der Waals surface area contributed by atoms with Crippen LogP contribution in [0.5, 0.6) is 17.4 Å². The molecule has 150 valence electrons. The number of hydrogen-bond acceptors (Lipinski definition) is 6. The summed E-state index contributed by atoms with van der Waals surface area (Å²) in [5.41, 5.74) is 0.547. The fraction of sp³-hybridized carbons (Fsp3) is 0.0476. The second-order valence-corrected chi connectivity index (χ2v) is 6.08. The Balaban J connectivity index is 1.33. The first-order chi connectivity index (χ1) is 14.7. The number of nitrogens with zero attached hydrogens (tertiary/aromatic N) is 4. The Kier molecular flexibility index (Phi) is 5.61. The highest BCUT2D eigenvalue weighted by molar-refractivity contribution is 5.91. The lowest BCUT2D eigenvalue weighted by molar-refractivity contribution is -0.118. The molecule has 8 nitrogen and oxygen atoms in total. The molecule has 1 N–H and O–H groups in total. The number of halogens is 1. The van der Waals surface area contributed by atoms with Gasteiger partial charge in [-0.1, -0.05) is 12.1 Å². The summed E-state index contributed by atoms with van der Waals surface area (Å²) in [5.74, 6) is 0.614. The molecule has 0 bridgehead atoms. The number of para-hydroxylation sites is 1. The van der Waals surface area contributed by atoms with Gasteiger partial charge in [0.1, 0.15) is 24.2 Å². The van der Waals surface area contributed by atoms with Crippen molar-refractivity contribution in [1.29, 1.82) is 0 Å². The number of hydrogen-bond donors (Lipinski definition) is 1. The van der Waals surface area contributed by atoms with E-state index in [-0.39, 0.29) is 12.4 Å². The van der Waals surface area contributed by atoms with E-state index in [0.717, 1.165) is 0 Å². The lowest BCUT2D eigenvalue weighted by Crippen LogP contribution is -2.20. The van der Waals surface area contributed by atoms with Gasteiger partial charge in [0, 0.05) is 24.1 Å². The third-order valence-electron chi connectivity index (χ3n) is 3.95. The number of nitrogens with one attached hydrogen (secondary N) is 1. The summed E-state index contributed by atoms with van der Waals surface area (Å²) in [6.45, 7) is -0.308. The van der Waals surface area contributed by atoms with Crippen molar-refractivity contribution in [3.05, 3.63) is 85.5 Å². The van der Waals surface area contributed by atoms with Crippen LogP contribution < -0.4 is 14.8 Å². The van der Waals surface area contributed by atoms with Gasteiger partial charge in [0.25, 0.3) is 5.91 Å². The maximum Gasteiger partial charge on any atom is 0.262 e. The maximum atomic E-state index is 13.5.